The second-order valence-electron chi connectivity index (χ2n) is 3.65. The summed E-state index contributed by atoms with van der Waals surface area (Å²) in [4.78, 5) is 19.6. The molecule has 16 heavy (non-hydrogen) atoms. The normalized spacial score (nSPS) is 11.0. The molecule has 0 aromatic carbocycles. The SMILES string of the molecule is CC(=O)O.CCCCCC(CC)OC(C)=O. The average Bonchev–Trinajstić information content (AvgIpc) is 2.15. The van der Waals surface area contributed by atoms with Crippen LogP contribution in [0.1, 0.15) is 59.8 Å². The standard InChI is InChI=1S/C10H20O2.C2H4O2/c1-4-6-7-8-10(5-2)12-9(3)11;1-2(3)4/h10H,4-8H2,1-3H3;1H3,(H,3,4). The number of carboxylic acid groups (broad SMARTS) is 1. The zero-order valence-electron chi connectivity index (χ0n) is 10.8. The second kappa shape index (κ2) is 12.0. The van der Waals surface area contributed by atoms with E-state index in [4.69, 9.17) is 14.6 Å². The minimum atomic E-state index is -0.833. The fourth-order valence-electron chi connectivity index (χ4n) is 1.20. The number of carbonyl (C=O) groups excluding carboxylic acids is 1. The van der Waals surface area contributed by atoms with Crippen LogP contribution in [-0.2, 0) is 14.3 Å². The van der Waals surface area contributed by atoms with Gasteiger partial charge in [-0.05, 0) is 19.3 Å². The Kier molecular flexibility index (Phi) is 13.0. The minimum Gasteiger partial charge on any atom is -0.481 e. The zero-order chi connectivity index (χ0) is 13.0. The van der Waals surface area contributed by atoms with Crippen molar-refractivity contribution in [2.75, 3.05) is 0 Å². The molecule has 0 rings (SSSR count). The van der Waals surface area contributed by atoms with E-state index in [2.05, 4.69) is 13.8 Å². The van der Waals surface area contributed by atoms with Crippen molar-refractivity contribution < 1.29 is 19.4 Å². The number of aliphatic carboxylic acids is 1. The Morgan fingerprint density at radius 3 is 2.00 bits per heavy atom. The van der Waals surface area contributed by atoms with Crippen molar-refractivity contribution in [3.8, 4) is 0 Å². The Morgan fingerprint density at radius 2 is 1.69 bits per heavy atom. The van der Waals surface area contributed by atoms with Crippen LogP contribution in [0, 0.1) is 0 Å². The van der Waals surface area contributed by atoms with Crippen LogP contribution in [0.15, 0.2) is 0 Å². The van der Waals surface area contributed by atoms with E-state index in [0.717, 1.165) is 19.8 Å². The molecule has 0 aliphatic carbocycles. The van der Waals surface area contributed by atoms with E-state index in [1.807, 2.05) is 0 Å². The van der Waals surface area contributed by atoms with E-state index in [0.29, 0.717) is 0 Å². The number of hydrogen-bond donors (Lipinski definition) is 1. The summed E-state index contributed by atoms with van der Waals surface area (Å²) in [5.41, 5.74) is 0. The van der Waals surface area contributed by atoms with Gasteiger partial charge >= 0.3 is 5.97 Å². The fourth-order valence-corrected chi connectivity index (χ4v) is 1.20. The van der Waals surface area contributed by atoms with Crippen molar-refractivity contribution in [3.05, 3.63) is 0 Å². The van der Waals surface area contributed by atoms with Crippen molar-refractivity contribution in [1.82, 2.24) is 0 Å². The summed E-state index contributed by atoms with van der Waals surface area (Å²) in [6.07, 6.45) is 5.72. The summed E-state index contributed by atoms with van der Waals surface area (Å²) in [5.74, 6) is -0.988. The smallest absolute Gasteiger partial charge is 0.302 e. The summed E-state index contributed by atoms with van der Waals surface area (Å²) < 4.78 is 5.11. The average molecular weight is 232 g/mol. The maximum atomic E-state index is 10.6. The molecule has 0 saturated carbocycles. The third kappa shape index (κ3) is 18.7. The molecule has 0 heterocycles. The molecule has 0 spiro atoms. The molecule has 4 nitrogen and oxygen atoms in total. The molecule has 0 aromatic rings. The van der Waals surface area contributed by atoms with Crippen LogP contribution in [0.3, 0.4) is 0 Å². The number of ether oxygens (including phenoxy) is 1. The lowest BCUT2D eigenvalue weighted by Gasteiger charge is -2.14. The van der Waals surface area contributed by atoms with E-state index in [9.17, 15) is 4.79 Å². The van der Waals surface area contributed by atoms with Crippen molar-refractivity contribution in [2.24, 2.45) is 0 Å². The van der Waals surface area contributed by atoms with Crippen molar-refractivity contribution in [3.63, 3.8) is 0 Å². The largest absolute Gasteiger partial charge is 0.481 e. The molecular formula is C12H24O4. The van der Waals surface area contributed by atoms with Crippen LogP contribution in [0.5, 0.6) is 0 Å². The first-order chi connectivity index (χ1) is 7.43. The van der Waals surface area contributed by atoms with Gasteiger partial charge in [-0.2, -0.15) is 0 Å². The Bertz CT molecular complexity index is 185. The molecule has 0 radical (unpaired) electrons. The molecule has 4 heteroatoms. The van der Waals surface area contributed by atoms with E-state index < -0.39 is 5.97 Å². The van der Waals surface area contributed by atoms with Gasteiger partial charge in [0.15, 0.2) is 0 Å². The van der Waals surface area contributed by atoms with Gasteiger partial charge in [-0.3, -0.25) is 9.59 Å². The van der Waals surface area contributed by atoms with Crippen LogP contribution in [0.4, 0.5) is 0 Å². The van der Waals surface area contributed by atoms with Gasteiger partial charge < -0.3 is 9.84 Å². The lowest BCUT2D eigenvalue weighted by atomic mass is 10.1. The zero-order valence-corrected chi connectivity index (χ0v) is 10.8. The van der Waals surface area contributed by atoms with E-state index >= 15 is 0 Å². The quantitative estimate of drug-likeness (QED) is 0.565. The topological polar surface area (TPSA) is 63.6 Å². The highest BCUT2D eigenvalue weighted by Gasteiger charge is 2.07. The third-order valence-electron chi connectivity index (χ3n) is 1.92. The molecule has 96 valence electrons. The molecule has 1 atom stereocenters. The number of unbranched alkanes of at least 4 members (excludes halogenated alkanes) is 2. The third-order valence-corrected chi connectivity index (χ3v) is 1.92. The summed E-state index contributed by atoms with van der Waals surface area (Å²) >= 11 is 0. The lowest BCUT2D eigenvalue weighted by molar-refractivity contribution is -0.146. The van der Waals surface area contributed by atoms with Crippen LogP contribution in [0.25, 0.3) is 0 Å². The van der Waals surface area contributed by atoms with Gasteiger partial charge in [-0.25, -0.2) is 0 Å². The predicted octanol–water partition coefficient (Wildman–Crippen LogP) is 3.00. The molecule has 0 aliphatic rings. The monoisotopic (exact) mass is 232 g/mol. The van der Waals surface area contributed by atoms with Crippen LogP contribution < -0.4 is 0 Å². The van der Waals surface area contributed by atoms with E-state index in [-0.39, 0.29) is 12.1 Å². The lowest BCUT2D eigenvalue weighted by Crippen LogP contribution is -2.14. The molecule has 0 amide bonds. The Hall–Kier alpha value is -1.06. The maximum Gasteiger partial charge on any atom is 0.302 e. The van der Waals surface area contributed by atoms with Gasteiger partial charge in [-0.15, -0.1) is 0 Å². The highest BCUT2D eigenvalue weighted by molar-refractivity contribution is 5.66. The van der Waals surface area contributed by atoms with Crippen LogP contribution in [-0.4, -0.2) is 23.1 Å². The number of carbonyl (C=O) groups is 2. The highest BCUT2D eigenvalue weighted by atomic mass is 16.5. The molecule has 0 aliphatic heterocycles. The first-order valence-corrected chi connectivity index (χ1v) is 5.80. The molecule has 0 bridgehead atoms. The molecule has 1 unspecified atom stereocenters. The molecule has 0 saturated heterocycles. The van der Waals surface area contributed by atoms with Crippen LogP contribution in [0.2, 0.25) is 0 Å². The van der Waals surface area contributed by atoms with Crippen molar-refractivity contribution >= 4 is 11.9 Å². The van der Waals surface area contributed by atoms with E-state index in [1.165, 1.54) is 26.2 Å². The Labute approximate surface area is 98.0 Å². The number of hydrogen-bond acceptors (Lipinski definition) is 3. The van der Waals surface area contributed by atoms with Gasteiger partial charge in [0.1, 0.15) is 6.10 Å². The van der Waals surface area contributed by atoms with Gasteiger partial charge in [0.2, 0.25) is 0 Å². The summed E-state index contributed by atoms with van der Waals surface area (Å²) in [6, 6.07) is 0. The van der Waals surface area contributed by atoms with Gasteiger partial charge in [-0.1, -0.05) is 26.7 Å². The predicted molar refractivity (Wildman–Crippen MR) is 63.3 cm³/mol. The summed E-state index contributed by atoms with van der Waals surface area (Å²) in [6.45, 7) is 6.79. The number of rotatable bonds is 6. The first kappa shape index (κ1) is 17.3. The van der Waals surface area contributed by atoms with E-state index in [1.54, 1.807) is 0 Å². The molecule has 0 aromatic heterocycles. The van der Waals surface area contributed by atoms with Crippen LogP contribution >= 0.6 is 0 Å². The number of carboxylic acids is 1. The van der Waals surface area contributed by atoms with Crippen molar-refractivity contribution in [2.45, 2.75) is 65.9 Å². The minimum absolute atomic E-state index is 0.147. The molecular weight excluding hydrogens is 208 g/mol. The first-order valence-electron chi connectivity index (χ1n) is 5.80. The number of esters is 1. The summed E-state index contributed by atoms with van der Waals surface area (Å²) in [7, 11) is 0. The second-order valence-corrected chi connectivity index (χ2v) is 3.65. The Balaban J connectivity index is 0. The van der Waals surface area contributed by atoms with Gasteiger partial charge in [0, 0.05) is 13.8 Å². The van der Waals surface area contributed by atoms with Crippen molar-refractivity contribution in [1.29, 1.82) is 0 Å². The van der Waals surface area contributed by atoms with Gasteiger partial charge in [0.05, 0.1) is 0 Å². The fraction of sp³-hybridized carbons (Fsp3) is 0.833. The Morgan fingerprint density at radius 1 is 1.19 bits per heavy atom. The molecule has 1 N–H and O–H groups in total. The molecule has 0 fully saturated rings. The maximum absolute atomic E-state index is 10.6. The highest BCUT2D eigenvalue weighted by Crippen LogP contribution is 2.09. The summed E-state index contributed by atoms with van der Waals surface area (Å²) in [5, 5.41) is 7.42. The van der Waals surface area contributed by atoms with Gasteiger partial charge in [0.25, 0.3) is 5.97 Å².